The van der Waals surface area contributed by atoms with Crippen molar-refractivity contribution < 1.29 is 23.9 Å². The van der Waals surface area contributed by atoms with Crippen LogP contribution in [0.25, 0.3) is 0 Å². The summed E-state index contributed by atoms with van der Waals surface area (Å²) in [5.41, 5.74) is 2.17. The summed E-state index contributed by atoms with van der Waals surface area (Å²) in [6.07, 6.45) is 0.544. The Balaban J connectivity index is 1.69. The lowest BCUT2D eigenvalue weighted by Crippen LogP contribution is -2.28. The van der Waals surface area contributed by atoms with Gasteiger partial charge in [-0.3, -0.25) is 19.3 Å². The molecule has 1 aliphatic rings. The molecule has 0 unspecified atom stereocenters. The van der Waals surface area contributed by atoms with E-state index in [1.165, 1.54) is 4.90 Å². The number of imide groups is 1. The molecule has 29 heavy (non-hydrogen) atoms. The van der Waals surface area contributed by atoms with Gasteiger partial charge in [0.15, 0.2) is 11.5 Å². The number of likely N-dealkylation sites (tertiary alicyclic amines) is 1. The van der Waals surface area contributed by atoms with Crippen molar-refractivity contribution in [1.29, 1.82) is 0 Å². The summed E-state index contributed by atoms with van der Waals surface area (Å²) in [5, 5.41) is 0. The fraction of sp³-hybridized carbons (Fsp3) is 0.318. The summed E-state index contributed by atoms with van der Waals surface area (Å²) in [4.78, 5) is 39.2. The van der Waals surface area contributed by atoms with Gasteiger partial charge in [-0.1, -0.05) is 24.3 Å². The maximum absolute atomic E-state index is 12.8. The second kappa shape index (κ2) is 8.77. The lowest BCUT2D eigenvalue weighted by atomic mass is 10.1. The molecule has 3 rings (SSSR count). The molecular formula is C22H24N2O5. The number of methoxy groups -OCH3 is 2. The topological polar surface area (TPSA) is 76.2 Å². The summed E-state index contributed by atoms with van der Waals surface area (Å²) in [6.45, 7) is 0.598. The first-order valence-electron chi connectivity index (χ1n) is 9.32. The Labute approximate surface area is 169 Å². The molecule has 0 aromatic heterocycles. The number of hydrogen-bond acceptors (Lipinski definition) is 5. The number of amides is 3. The molecule has 0 aliphatic carbocycles. The van der Waals surface area contributed by atoms with Gasteiger partial charge in [0.2, 0.25) is 11.8 Å². The first kappa shape index (κ1) is 20.4. The van der Waals surface area contributed by atoms with Gasteiger partial charge in [-0.2, -0.15) is 0 Å². The van der Waals surface area contributed by atoms with Crippen molar-refractivity contribution in [3.8, 4) is 11.5 Å². The Hall–Kier alpha value is -3.35. The van der Waals surface area contributed by atoms with E-state index in [2.05, 4.69) is 0 Å². The molecule has 0 spiro atoms. The quantitative estimate of drug-likeness (QED) is 0.673. The van der Waals surface area contributed by atoms with Crippen LogP contribution in [-0.2, 0) is 22.7 Å². The van der Waals surface area contributed by atoms with Crippen molar-refractivity contribution >= 4 is 17.7 Å². The van der Waals surface area contributed by atoms with Crippen LogP contribution in [0.3, 0.4) is 0 Å². The molecule has 0 bridgehead atoms. The zero-order valence-electron chi connectivity index (χ0n) is 16.8. The van der Waals surface area contributed by atoms with Crippen molar-refractivity contribution in [2.45, 2.75) is 25.9 Å². The van der Waals surface area contributed by atoms with Crippen LogP contribution in [-0.4, -0.2) is 48.8 Å². The van der Waals surface area contributed by atoms with Crippen molar-refractivity contribution in [2.24, 2.45) is 0 Å². The van der Waals surface area contributed by atoms with E-state index >= 15 is 0 Å². The summed E-state index contributed by atoms with van der Waals surface area (Å²) in [6, 6.07) is 12.5. The van der Waals surface area contributed by atoms with E-state index < -0.39 is 0 Å². The Morgan fingerprint density at radius 2 is 1.66 bits per heavy atom. The van der Waals surface area contributed by atoms with Gasteiger partial charge in [0, 0.05) is 37.6 Å². The van der Waals surface area contributed by atoms with Crippen molar-refractivity contribution in [3.05, 3.63) is 59.2 Å². The van der Waals surface area contributed by atoms with Gasteiger partial charge >= 0.3 is 0 Å². The number of rotatable bonds is 7. The molecule has 7 heteroatoms. The molecule has 152 valence electrons. The number of para-hydroxylation sites is 1. The fourth-order valence-electron chi connectivity index (χ4n) is 3.36. The van der Waals surface area contributed by atoms with Crippen LogP contribution in [0, 0.1) is 0 Å². The van der Waals surface area contributed by atoms with Crippen molar-refractivity contribution in [1.82, 2.24) is 9.80 Å². The number of benzene rings is 2. The maximum Gasteiger partial charge on any atom is 0.253 e. The van der Waals surface area contributed by atoms with Gasteiger partial charge in [-0.25, -0.2) is 0 Å². The second-order valence-corrected chi connectivity index (χ2v) is 6.88. The highest BCUT2D eigenvalue weighted by Gasteiger charge is 2.28. The van der Waals surface area contributed by atoms with E-state index in [-0.39, 0.29) is 37.1 Å². The smallest absolute Gasteiger partial charge is 0.253 e. The molecular weight excluding hydrogens is 372 g/mol. The highest BCUT2D eigenvalue weighted by Crippen LogP contribution is 2.31. The van der Waals surface area contributed by atoms with E-state index in [0.717, 1.165) is 11.1 Å². The average Bonchev–Trinajstić information content (AvgIpc) is 3.05. The van der Waals surface area contributed by atoms with E-state index in [4.69, 9.17) is 9.47 Å². The van der Waals surface area contributed by atoms with Gasteiger partial charge in [0.05, 0.1) is 20.8 Å². The van der Waals surface area contributed by atoms with Gasteiger partial charge in [-0.15, -0.1) is 0 Å². The van der Waals surface area contributed by atoms with Crippen LogP contribution >= 0.6 is 0 Å². The predicted molar refractivity (Wildman–Crippen MR) is 107 cm³/mol. The molecule has 0 atom stereocenters. The maximum atomic E-state index is 12.8. The van der Waals surface area contributed by atoms with Gasteiger partial charge < -0.3 is 14.4 Å². The molecule has 1 aliphatic heterocycles. The van der Waals surface area contributed by atoms with E-state index in [9.17, 15) is 14.4 Å². The van der Waals surface area contributed by atoms with E-state index in [1.807, 2.05) is 12.1 Å². The summed E-state index contributed by atoms with van der Waals surface area (Å²) < 4.78 is 10.7. The first-order valence-corrected chi connectivity index (χ1v) is 9.32. The molecule has 1 heterocycles. The zero-order valence-corrected chi connectivity index (χ0v) is 16.8. The Kier molecular flexibility index (Phi) is 6.16. The first-order chi connectivity index (χ1) is 13.9. The lowest BCUT2D eigenvalue weighted by Gasteiger charge is -2.20. The Morgan fingerprint density at radius 1 is 1.00 bits per heavy atom. The van der Waals surface area contributed by atoms with Crippen LogP contribution < -0.4 is 9.47 Å². The van der Waals surface area contributed by atoms with E-state index in [1.54, 1.807) is 56.5 Å². The normalized spacial score (nSPS) is 13.6. The van der Waals surface area contributed by atoms with Gasteiger partial charge in [0.25, 0.3) is 5.91 Å². The molecule has 2 aromatic rings. The molecule has 0 saturated carbocycles. The average molecular weight is 396 g/mol. The SMILES string of the molecule is COc1cccc(CN(C)C(=O)c2ccc(CN3C(=O)CCC3=O)cc2)c1OC. The Bertz CT molecular complexity index is 907. The molecule has 3 amide bonds. The van der Waals surface area contributed by atoms with Gasteiger partial charge in [0.1, 0.15) is 0 Å². The molecule has 0 radical (unpaired) electrons. The lowest BCUT2D eigenvalue weighted by molar-refractivity contribution is -0.139. The largest absolute Gasteiger partial charge is 0.493 e. The number of nitrogens with zero attached hydrogens (tertiary/aromatic N) is 2. The van der Waals surface area contributed by atoms with Crippen molar-refractivity contribution in [2.75, 3.05) is 21.3 Å². The third-order valence-corrected chi connectivity index (χ3v) is 4.94. The molecule has 0 N–H and O–H groups in total. The zero-order chi connectivity index (χ0) is 21.0. The summed E-state index contributed by atoms with van der Waals surface area (Å²) in [5.74, 6) is 0.769. The minimum absolute atomic E-state index is 0.144. The number of carbonyl (C=O) groups excluding carboxylic acids is 3. The highest BCUT2D eigenvalue weighted by molar-refractivity contribution is 6.01. The number of ether oxygens (including phenoxy) is 2. The number of carbonyl (C=O) groups is 3. The third-order valence-electron chi connectivity index (χ3n) is 4.94. The van der Waals surface area contributed by atoms with Crippen LogP contribution in [0.5, 0.6) is 11.5 Å². The van der Waals surface area contributed by atoms with Crippen LogP contribution in [0.4, 0.5) is 0 Å². The summed E-state index contributed by atoms with van der Waals surface area (Å²) >= 11 is 0. The second-order valence-electron chi connectivity index (χ2n) is 6.88. The highest BCUT2D eigenvalue weighted by atomic mass is 16.5. The monoisotopic (exact) mass is 396 g/mol. The number of hydrogen-bond donors (Lipinski definition) is 0. The van der Waals surface area contributed by atoms with Gasteiger partial charge in [-0.05, 0) is 23.8 Å². The minimum Gasteiger partial charge on any atom is -0.493 e. The van der Waals surface area contributed by atoms with Crippen LogP contribution in [0.2, 0.25) is 0 Å². The molecule has 7 nitrogen and oxygen atoms in total. The molecule has 1 fully saturated rings. The predicted octanol–water partition coefficient (Wildman–Crippen LogP) is 2.63. The van der Waals surface area contributed by atoms with Crippen LogP contribution in [0.1, 0.15) is 34.3 Å². The Morgan fingerprint density at radius 3 is 2.24 bits per heavy atom. The summed E-state index contributed by atoms with van der Waals surface area (Å²) in [7, 11) is 4.86. The minimum atomic E-state index is -0.151. The molecule has 2 aromatic carbocycles. The van der Waals surface area contributed by atoms with Crippen LogP contribution in [0.15, 0.2) is 42.5 Å². The standard InChI is InChI=1S/C22H24N2O5/c1-23(14-17-5-4-6-18(28-2)21(17)29-3)22(27)16-9-7-15(8-10-16)13-24-19(25)11-12-20(24)26/h4-10H,11-14H2,1-3H3. The van der Waals surface area contributed by atoms with E-state index in [0.29, 0.717) is 23.6 Å². The molecule has 1 saturated heterocycles. The van der Waals surface area contributed by atoms with Crippen molar-refractivity contribution in [3.63, 3.8) is 0 Å². The fourth-order valence-corrected chi connectivity index (χ4v) is 3.36. The third kappa shape index (κ3) is 4.39.